The zero-order chi connectivity index (χ0) is 18.2. The van der Waals surface area contributed by atoms with Crippen LogP contribution in [0.3, 0.4) is 0 Å². The van der Waals surface area contributed by atoms with E-state index in [0.29, 0.717) is 5.82 Å². The number of hydrogen-bond acceptors (Lipinski definition) is 5. The minimum absolute atomic E-state index is 0.403. The van der Waals surface area contributed by atoms with E-state index in [1.165, 1.54) is 83.8 Å². The van der Waals surface area contributed by atoms with E-state index in [4.69, 9.17) is 0 Å². The molecule has 0 spiro atoms. The Bertz CT molecular complexity index is 486. The lowest BCUT2D eigenvalue weighted by atomic mass is 10.1. The van der Waals surface area contributed by atoms with Crippen LogP contribution in [0.15, 0.2) is 6.08 Å². The van der Waals surface area contributed by atoms with E-state index in [0.717, 1.165) is 13.0 Å². The molecule has 0 atom stereocenters. The number of carbonyl (C=O) groups excluding carboxylic acids is 1. The summed E-state index contributed by atoms with van der Waals surface area (Å²) in [7, 11) is 1.35. The maximum absolute atomic E-state index is 11.1. The van der Waals surface area contributed by atoms with Crippen molar-refractivity contribution in [2.75, 3.05) is 7.11 Å². The van der Waals surface area contributed by atoms with E-state index in [-0.39, 0.29) is 0 Å². The molecule has 0 fully saturated rings. The smallest absolute Gasteiger partial charge is 0.330 e. The molecule has 6 nitrogen and oxygen atoms in total. The largest absolute Gasteiger partial charge is 0.466 e. The molecule has 1 rings (SSSR count). The van der Waals surface area contributed by atoms with Crippen LogP contribution in [0, 0.1) is 0 Å². The number of tetrazole rings is 1. The summed E-state index contributed by atoms with van der Waals surface area (Å²) in [6.45, 7) is 3.05. The first kappa shape index (κ1) is 21.3. The fourth-order valence-corrected chi connectivity index (χ4v) is 2.80. The average molecular weight is 351 g/mol. The molecule has 0 saturated carbocycles. The van der Waals surface area contributed by atoms with Gasteiger partial charge in [0.2, 0.25) is 0 Å². The molecule has 0 aliphatic carbocycles. The van der Waals surface area contributed by atoms with Crippen molar-refractivity contribution in [3.63, 3.8) is 0 Å². The number of aromatic nitrogens is 4. The molecule has 142 valence electrons. The Balaban J connectivity index is 2.01. The Labute approximate surface area is 152 Å². The number of unbranched alkanes of at least 4 members (excludes halogenated alkanes) is 11. The molecule has 0 N–H and O–H groups in total. The molecule has 0 bridgehead atoms. The quantitative estimate of drug-likeness (QED) is 0.263. The van der Waals surface area contributed by atoms with Crippen LogP contribution in [-0.2, 0) is 16.1 Å². The van der Waals surface area contributed by atoms with Crippen LogP contribution < -0.4 is 0 Å². The molecule has 25 heavy (non-hydrogen) atoms. The van der Waals surface area contributed by atoms with Gasteiger partial charge in [-0.05, 0) is 22.9 Å². The maximum atomic E-state index is 11.1. The minimum atomic E-state index is -0.403. The second-order valence-corrected chi connectivity index (χ2v) is 6.51. The van der Waals surface area contributed by atoms with E-state index in [1.54, 1.807) is 10.8 Å². The molecule has 0 aromatic carbocycles. The molecule has 0 aliphatic rings. The highest BCUT2D eigenvalue weighted by molar-refractivity contribution is 5.86. The van der Waals surface area contributed by atoms with Crippen molar-refractivity contribution in [1.29, 1.82) is 0 Å². The zero-order valence-electron chi connectivity index (χ0n) is 16.0. The topological polar surface area (TPSA) is 69.9 Å². The third-order valence-corrected chi connectivity index (χ3v) is 4.35. The molecule has 0 amide bonds. The second-order valence-electron chi connectivity index (χ2n) is 6.51. The standard InChI is InChI=1S/C19H34N4O2/c1-3-4-5-6-7-8-9-10-11-12-13-14-17-23-18(20-21-22-23)15-16-19(24)25-2/h15-16H,3-14,17H2,1-2H3. The molecule has 0 saturated heterocycles. The van der Waals surface area contributed by atoms with Crippen LogP contribution in [-0.4, -0.2) is 33.3 Å². The first-order valence-electron chi connectivity index (χ1n) is 9.80. The van der Waals surface area contributed by atoms with Crippen molar-refractivity contribution in [2.24, 2.45) is 0 Å². The predicted molar refractivity (Wildman–Crippen MR) is 99.9 cm³/mol. The summed E-state index contributed by atoms with van der Waals surface area (Å²) in [6, 6.07) is 0. The SMILES string of the molecule is CCCCCCCCCCCCCCn1nnnc1C=CC(=O)OC. The van der Waals surface area contributed by atoms with Gasteiger partial charge < -0.3 is 4.74 Å². The highest BCUT2D eigenvalue weighted by Gasteiger charge is 2.03. The predicted octanol–water partition coefficient (Wildman–Crippen LogP) is 4.56. The number of carbonyl (C=O) groups is 1. The summed E-state index contributed by atoms with van der Waals surface area (Å²) < 4.78 is 6.29. The van der Waals surface area contributed by atoms with Crippen LogP contribution in [0.1, 0.15) is 89.8 Å². The normalized spacial score (nSPS) is 11.3. The monoisotopic (exact) mass is 350 g/mol. The lowest BCUT2D eigenvalue weighted by Crippen LogP contribution is -2.03. The fraction of sp³-hybridized carbons (Fsp3) is 0.789. The Morgan fingerprint density at radius 1 is 0.960 bits per heavy atom. The van der Waals surface area contributed by atoms with Gasteiger partial charge in [0.25, 0.3) is 0 Å². The third kappa shape index (κ3) is 10.7. The Morgan fingerprint density at radius 2 is 1.52 bits per heavy atom. The number of esters is 1. The Kier molecular flexibility index (Phi) is 12.5. The minimum Gasteiger partial charge on any atom is -0.466 e. The van der Waals surface area contributed by atoms with Crippen LogP contribution in [0.2, 0.25) is 0 Å². The van der Waals surface area contributed by atoms with Gasteiger partial charge in [-0.2, -0.15) is 0 Å². The van der Waals surface area contributed by atoms with Gasteiger partial charge in [-0.15, -0.1) is 5.10 Å². The third-order valence-electron chi connectivity index (χ3n) is 4.35. The van der Waals surface area contributed by atoms with Crippen LogP contribution in [0.4, 0.5) is 0 Å². The van der Waals surface area contributed by atoms with Crippen molar-refractivity contribution in [1.82, 2.24) is 20.2 Å². The van der Waals surface area contributed by atoms with Crippen molar-refractivity contribution in [2.45, 2.75) is 90.5 Å². The zero-order valence-corrected chi connectivity index (χ0v) is 16.0. The lowest BCUT2D eigenvalue weighted by molar-refractivity contribution is -0.134. The summed E-state index contributed by atoms with van der Waals surface area (Å²) in [6.07, 6.45) is 18.8. The number of ether oxygens (including phenoxy) is 1. The van der Waals surface area contributed by atoms with Gasteiger partial charge in [0.1, 0.15) is 0 Å². The summed E-state index contributed by atoms with van der Waals surface area (Å²) in [4.78, 5) is 11.1. The van der Waals surface area contributed by atoms with Crippen molar-refractivity contribution < 1.29 is 9.53 Å². The Hall–Kier alpha value is -1.72. The molecule has 1 heterocycles. The van der Waals surface area contributed by atoms with E-state index < -0.39 is 5.97 Å². The molecule has 1 aromatic heterocycles. The van der Waals surface area contributed by atoms with Gasteiger partial charge in [-0.3, -0.25) is 0 Å². The van der Waals surface area contributed by atoms with Gasteiger partial charge >= 0.3 is 5.97 Å². The van der Waals surface area contributed by atoms with E-state index >= 15 is 0 Å². The number of hydrogen-bond donors (Lipinski definition) is 0. The van der Waals surface area contributed by atoms with Gasteiger partial charge in [0.15, 0.2) is 5.82 Å². The average Bonchev–Trinajstić information content (AvgIpc) is 3.08. The molecule has 0 radical (unpaired) electrons. The maximum Gasteiger partial charge on any atom is 0.330 e. The molecule has 1 aromatic rings. The van der Waals surface area contributed by atoms with Crippen molar-refractivity contribution >= 4 is 12.0 Å². The molecular formula is C19H34N4O2. The van der Waals surface area contributed by atoms with Gasteiger partial charge in [0.05, 0.1) is 7.11 Å². The first-order chi connectivity index (χ1) is 12.3. The van der Waals surface area contributed by atoms with Crippen LogP contribution in [0.25, 0.3) is 6.08 Å². The summed E-state index contributed by atoms with van der Waals surface area (Å²) in [5.41, 5.74) is 0. The number of rotatable bonds is 15. The number of aryl methyl sites for hydroxylation is 1. The summed E-state index contributed by atoms with van der Waals surface area (Å²) in [5.74, 6) is 0.188. The molecule has 6 heteroatoms. The van der Waals surface area contributed by atoms with E-state index in [2.05, 4.69) is 27.2 Å². The highest BCUT2D eigenvalue weighted by atomic mass is 16.5. The van der Waals surface area contributed by atoms with Crippen molar-refractivity contribution in [3.8, 4) is 0 Å². The molecule has 0 unspecified atom stereocenters. The number of nitrogens with zero attached hydrogens (tertiary/aromatic N) is 4. The second kappa shape index (κ2) is 14.6. The van der Waals surface area contributed by atoms with E-state index in [9.17, 15) is 4.79 Å². The summed E-state index contributed by atoms with van der Waals surface area (Å²) in [5, 5.41) is 11.5. The van der Waals surface area contributed by atoms with Gasteiger partial charge in [-0.1, -0.05) is 77.6 Å². The number of methoxy groups -OCH3 is 1. The first-order valence-corrected chi connectivity index (χ1v) is 9.80. The Morgan fingerprint density at radius 3 is 2.08 bits per heavy atom. The molecular weight excluding hydrogens is 316 g/mol. The van der Waals surface area contributed by atoms with Crippen LogP contribution >= 0.6 is 0 Å². The van der Waals surface area contributed by atoms with Gasteiger partial charge in [0, 0.05) is 12.6 Å². The summed E-state index contributed by atoms with van der Waals surface area (Å²) >= 11 is 0. The fourth-order valence-electron chi connectivity index (χ4n) is 2.80. The van der Waals surface area contributed by atoms with Gasteiger partial charge in [-0.25, -0.2) is 9.48 Å². The van der Waals surface area contributed by atoms with Crippen molar-refractivity contribution in [3.05, 3.63) is 11.9 Å². The lowest BCUT2D eigenvalue weighted by Gasteiger charge is -2.03. The van der Waals surface area contributed by atoms with Crippen LogP contribution in [0.5, 0.6) is 0 Å². The molecule has 0 aliphatic heterocycles. The van der Waals surface area contributed by atoms with E-state index in [1.807, 2.05) is 0 Å². The highest BCUT2D eigenvalue weighted by Crippen LogP contribution is 2.12.